The van der Waals surface area contributed by atoms with E-state index in [0.717, 1.165) is 16.6 Å². The van der Waals surface area contributed by atoms with Gasteiger partial charge in [0.25, 0.3) is 0 Å². The molecule has 3 heteroatoms. The van der Waals surface area contributed by atoms with Gasteiger partial charge < -0.3 is 4.74 Å². The molecule has 1 saturated carbocycles. The molecule has 1 fully saturated rings. The van der Waals surface area contributed by atoms with Gasteiger partial charge in [0.1, 0.15) is 11.8 Å². The van der Waals surface area contributed by atoms with Crippen molar-refractivity contribution in [2.24, 2.45) is 5.92 Å². The van der Waals surface area contributed by atoms with E-state index in [1.165, 1.54) is 12.8 Å². The molecule has 2 nitrogen and oxygen atoms in total. The van der Waals surface area contributed by atoms with Gasteiger partial charge in [0.05, 0.1) is 12.2 Å². The summed E-state index contributed by atoms with van der Waals surface area (Å²) in [5.41, 5.74) is 1.61. The topological polar surface area (TPSA) is 33.0 Å². The van der Waals surface area contributed by atoms with Gasteiger partial charge in [-0.25, -0.2) is 0 Å². The number of nitriles is 1. The van der Waals surface area contributed by atoms with Crippen molar-refractivity contribution in [3.63, 3.8) is 0 Å². The van der Waals surface area contributed by atoms with Gasteiger partial charge in [-0.2, -0.15) is 5.26 Å². The highest BCUT2D eigenvalue weighted by Crippen LogP contribution is 2.32. The Labute approximate surface area is 98.0 Å². The number of benzene rings is 1. The second kappa shape index (κ2) is 4.24. The number of ether oxygens (including phenoxy) is 1. The van der Waals surface area contributed by atoms with Crippen molar-refractivity contribution in [2.45, 2.75) is 19.8 Å². The van der Waals surface area contributed by atoms with E-state index < -0.39 is 0 Å². The summed E-state index contributed by atoms with van der Waals surface area (Å²) >= 11 is 3.41. The molecular weight excluding hydrogens is 254 g/mol. The number of hydrogen-bond acceptors (Lipinski definition) is 2. The van der Waals surface area contributed by atoms with Crippen LogP contribution in [-0.2, 0) is 0 Å². The van der Waals surface area contributed by atoms with Gasteiger partial charge in [0.15, 0.2) is 0 Å². The molecule has 1 aliphatic carbocycles. The quantitative estimate of drug-likeness (QED) is 0.839. The summed E-state index contributed by atoms with van der Waals surface area (Å²) in [6.45, 7) is 2.66. The van der Waals surface area contributed by atoms with Crippen LogP contribution in [0.3, 0.4) is 0 Å². The summed E-state index contributed by atoms with van der Waals surface area (Å²) in [5.74, 6) is 1.41. The predicted octanol–water partition coefficient (Wildman–Crippen LogP) is 3.42. The molecule has 0 spiro atoms. The first-order chi connectivity index (χ1) is 7.20. The molecule has 0 atom stereocenters. The first-order valence-electron chi connectivity index (χ1n) is 5.03. The van der Waals surface area contributed by atoms with Crippen LogP contribution in [-0.4, -0.2) is 6.61 Å². The van der Waals surface area contributed by atoms with Crippen molar-refractivity contribution in [2.75, 3.05) is 6.61 Å². The molecule has 0 heterocycles. The van der Waals surface area contributed by atoms with Crippen LogP contribution in [0.5, 0.6) is 5.75 Å². The van der Waals surface area contributed by atoms with E-state index in [4.69, 9.17) is 10.00 Å². The zero-order valence-electron chi connectivity index (χ0n) is 8.59. The number of rotatable bonds is 3. The molecule has 1 aromatic rings. The number of nitrogens with zero attached hydrogens (tertiary/aromatic N) is 1. The van der Waals surface area contributed by atoms with Gasteiger partial charge in [0.2, 0.25) is 0 Å². The Morgan fingerprint density at radius 1 is 1.53 bits per heavy atom. The Morgan fingerprint density at radius 3 is 2.87 bits per heavy atom. The second-order valence-electron chi connectivity index (χ2n) is 3.96. The molecule has 0 saturated heterocycles. The monoisotopic (exact) mass is 265 g/mol. The molecule has 1 aliphatic rings. The third-order valence-electron chi connectivity index (χ3n) is 2.55. The fraction of sp³-hybridized carbons (Fsp3) is 0.417. The Kier molecular flexibility index (Phi) is 2.97. The van der Waals surface area contributed by atoms with Gasteiger partial charge in [-0.3, -0.25) is 0 Å². The third-order valence-corrected chi connectivity index (χ3v) is 3.01. The van der Waals surface area contributed by atoms with Crippen LogP contribution >= 0.6 is 15.9 Å². The zero-order valence-corrected chi connectivity index (χ0v) is 10.2. The van der Waals surface area contributed by atoms with Crippen LogP contribution in [0.15, 0.2) is 16.6 Å². The molecule has 0 radical (unpaired) electrons. The molecule has 15 heavy (non-hydrogen) atoms. The largest absolute Gasteiger partial charge is 0.492 e. The van der Waals surface area contributed by atoms with E-state index >= 15 is 0 Å². The molecule has 1 aromatic carbocycles. The fourth-order valence-electron chi connectivity index (χ4n) is 1.46. The second-order valence-corrected chi connectivity index (χ2v) is 4.88. The van der Waals surface area contributed by atoms with E-state index in [-0.39, 0.29) is 0 Å². The lowest BCUT2D eigenvalue weighted by molar-refractivity contribution is 0.298. The zero-order chi connectivity index (χ0) is 10.8. The Balaban J connectivity index is 2.22. The van der Waals surface area contributed by atoms with Crippen molar-refractivity contribution in [3.05, 3.63) is 27.7 Å². The van der Waals surface area contributed by atoms with E-state index in [2.05, 4.69) is 22.0 Å². The molecule has 0 N–H and O–H groups in total. The summed E-state index contributed by atoms with van der Waals surface area (Å²) in [6.07, 6.45) is 2.52. The number of aryl methyl sites for hydroxylation is 1. The van der Waals surface area contributed by atoms with Crippen LogP contribution in [0.2, 0.25) is 0 Å². The van der Waals surface area contributed by atoms with Gasteiger partial charge in [0, 0.05) is 4.47 Å². The Bertz CT molecular complexity index is 418. The van der Waals surface area contributed by atoms with E-state index in [0.29, 0.717) is 17.2 Å². The van der Waals surface area contributed by atoms with Crippen LogP contribution in [0.4, 0.5) is 0 Å². The van der Waals surface area contributed by atoms with Crippen LogP contribution in [0, 0.1) is 24.2 Å². The third kappa shape index (κ3) is 2.51. The van der Waals surface area contributed by atoms with Crippen LogP contribution < -0.4 is 4.74 Å². The molecule has 0 aromatic heterocycles. The number of hydrogen-bond donors (Lipinski definition) is 0. The van der Waals surface area contributed by atoms with Crippen LogP contribution in [0.1, 0.15) is 24.0 Å². The van der Waals surface area contributed by atoms with Gasteiger partial charge in [-0.15, -0.1) is 0 Å². The lowest BCUT2D eigenvalue weighted by Gasteiger charge is -2.09. The summed E-state index contributed by atoms with van der Waals surface area (Å²) < 4.78 is 6.62. The minimum Gasteiger partial charge on any atom is -0.492 e. The van der Waals surface area contributed by atoms with Crippen molar-refractivity contribution >= 4 is 15.9 Å². The highest BCUT2D eigenvalue weighted by molar-refractivity contribution is 9.10. The maximum atomic E-state index is 9.03. The maximum Gasteiger partial charge on any atom is 0.138 e. The van der Waals surface area contributed by atoms with Crippen LogP contribution in [0.25, 0.3) is 0 Å². The van der Waals surface area contributed by atoms with E-state index in [9.17, 15) is 0 Å². The highest BCUT2D eigenvalue weighted by Gasteiger charge is 2.22. The number of halogens is 1. The summed E-state index contributed by atoms with van der Waals surface area (Å²) in [6, 6.07) is 5.99. The lowest BCUT2D eigenvalue weighted by Crippen LogP contribution is -2.01. The van der Waals surface area contributed by atoms with Gasteiger partial charge in [-0.1, -0.05) is 15.9 Å². The van der Waals surface area contributed by atoms with E-state index in [1.807, 2.05) is 19.1 Å². The molecule has 78 valence electrons. The smallest absolute Gasteiger partial charge is 0.138 e. The normalized spacial score (nSPS) is 14.7. The first kappa shape index (κ1) is 10.5. The standard InChI is InChI=1S/C12H12BrNO/c1-8-4-10(13)5-12(11(8)6-14)15-7-9-2-3-9/h4-5,9H,2-3,7H2,1H3. The summed E-state index contributed by atoms with van der Waals surface area (Å²) in [7, 11) is 0. The minimum atomic E-state index is 0.652. The van der Waals surface area contributed by atoms with Gasteiger partial charge in [-0.05, 0) is 43.4 Å². The molecule has 0 aliphatic heterocycles. The Hall–Kier alpha value is -1.01. The fourth-order valence-corrected chi connectivity index (χ4v) is 2.01. The average Bonchev–Trinajstić information content (AvgIpc) is 2.97. The predicted molar refractivity (Wildman–Crippen MR) is 61.8 cm³/mol. The molecule has 0 unspecified atom stereocenters. The first-order valence-corrected chi connectivity index (χ1v) is 5.83. The van der Waals surface area contributed by atoms with Gasteiger partial charge >= 0.3 is 0 Å². The SMILES string of the molecule is Cc1cc(Br)cc(OCC2CC2)c1C#N. The molecule has 0 amide bonds. The van der Waals surface area contributed by atoms with E-state index in [1.54, 1.807) is 0 Å². The minimum absolute atomic E-state index is 0.652. The van der Waals surface area contributed by atoms with Crippen molar-refractivity contribution in [1.29, 1.82) is 5.26 Å². The summed E-state index contributed by atoms with van der Waals surface area (Å²) in [4.78, 5) is 0. The van der Waals surface area contributed by atoms with Crippen molar-refractivity contribution < 1.29 is 4.74 Å². The lowest BCUT2D eigenvalue weighted by atomic mass is 10.1. The van der Waals surface area contributed by atoms with Crippen molar-refractivity contribution in [1.82, 2.24) is 0 Å². The molecule has 0 bridgehead atoms. The molecule has 2 rings (SSSR count). The molecular formula is C12H12BrNO. The highest BCUT2D eigenvalue weighted by atomic mass is 79.9. The Morgan fingerprint density at radius 2 is 2.27 bits per heavy atom. The maximum absolute atomic E-state index is 9.03. The average molecular weight is 266 g/mol. The summed E-state index contributed by atoms with van der Waals surface area (Å²) in [5, 5.41) is 9.03. The van der Waals surface area contributed by atoms with Crippen molar-refractivity contribution in [3.8, 4) is 11.8 Å².